The standard InChI is InChI=1S/2C10H15.CH3.Zr/c2*1-6-7(2)9(4)10(5)8(6)3;;/h2*1-5H3;1H3;/q3*-1;+3. The maximum absolute atomic E-state index is 2.20. The molecular formula is C21H33Zr. The summed E-state index contributed by atoms with van der Waals surface area (Å²) in [5.41, 5.74) is 14.7. The molecule has 0 aliphatic carbocycles. The monoisotopic (exact) mass is 375 g/mol. The summed E-state index contributed by atoms with van der Waals surface area (Å²) in [6.07, 6.45) is 0. The van der Waals surface area contributed by atoms with Crippen LogP contribution in [0.5, 0.6) is 0 Å². The molecule has 1 radical (unpaired) electrons. The van der Waals surface area contributed by atoms with Gasteiger partial charge in [-0.15, -0.1) is 0 Å². The maximum atomic E-state index is 2.20. The Bertz CT molecular complexity index is 404. The predicted molar refractivity (Wildman–Crippen MR) is 97.9 cm³/mol. The van der Waals surface area contributed by atoms with E-state index in [-0.39, 0.29) is 33.6 Å². The smallest absolute Gasteiger partial charge is 0.358 e. The first kappa shape index (κ1) is 23.8. The fraction of sp³-hybridized carbons (Fsp3) is 0.476. The van der Waals surface area contributed by atoms with E-state index in [2.05, 4.69) is 69.2 Å². The van der Waals surface area contributed by atoms with Crippen molar-refractivity contribution in [3.63, 3.8) is 0 Å². The Kier molecular flexibility index (Phi) is 9.78. The molecule has 2 aromatic carbocycles. The van der Waals surface area contributed by atoms with Gasteiger partial charge in [0.25, 0.3) is 0 Å². The molecule has 0 amide bonds. The van der Waals surface area contributed by atoms with Crippen LogP contribution in [0.3, 0.4) is 0 Å². The molecule has 0 aliphatic heterocycles. The second kappa shape index (κ2) is 9.02. The summed E-state index contributed by atoms with van der Waals surface area (Å²) in [5, 5.41) is 0. The summed E-state index contributed by atoms with van der Waals surface area (Å²) in [4.78, 5) is 0. The zero-order valence-electron chi connectivity index (χ0n) is 16.5. The van der Waals surface area contributed by atoms with Crippen LogP contribution in [-0.4, -0.2) is 0 Å². The van der Waals surface area contributed by atoms with Gasteiger partial charge in [0.1, 0.15) is 0 Å². The fourth-order valence-electron chi connectivity index (χ4n) is 2.81. The first-order chi connectivity index (χ1) is 9.11. The minimum absolute atomic E-state index is 0. The van der Waals surface area contributed by atoms with Gasteiger partial charge in [-0.2, -0.15) is 55.6 Å². The number of hydrogen-bond acceptors (Lipinski definition) is 0. The Morgan fingerprint density at radius 3 is 0.636 bits per heavy atom. The molecule has 0 aliphatic rings. The van der Waals surface area contributed by atoms with Crippen molar-refractivity contribution in [2.75, 3.05) is 0 Å². The van der Waals surface area contributed by atoms with Crippen molar-refractivity contribution in [1.82, 2.24) is 0 Å². The van der Waals surface area contributed by atoms with E-state index in [1.807, 2.05) is 0 Å². The van der Waals surface area contributed by atoms with Gasteiger partial charge in [0.15, 0.2) is 0 Å². The van der Waals surface area contributed by atoms with Crippen LogP contribution in [0.1, 0.15) is 55.6 Å². The summed E-state index contributed by atoms with van der Waals surface area (Å²) < 4.78 is 0. The predicted octanol–water partition coefficient (Wildman–Crippen LogP) is 6.34. The summed E-state index contributed by atoms with van der Waals surface area (Å²) >= 11 is 0. The van der Waals surface area contributed by atoms with Crippen molar-refractivity contribution in [3.8, 4) is 0 Å². The SMILES string of the molecule is Cc1c(C)c(C)[c-](C)c1C.Cc1c(C)c(C)[c-](C)c1C.[CH3-].[Zr+3]. The Hall–Kier alpha value is -0.417. The molecule has 0 spiro atoms. The van der Waals surface area contributed by atoms with Gasteiger partial charge in [-0.05, 0) is 0 Å². The topological polar surface area (TPSA) is 0 Å². The molecule has 0 heterocycles. The number of hydrogen-bond donors (Lipinski definition) is 0. The Labute approximate surface area is 158 Å². The molecule has 1 heteroatoms. The van der Waals surface area contributed by atoms with E-state index in [0.29, 0.717) is 0 Å². The van der Waals surface area contributed by atoms with E-state index in [4.69, 9.17) is 0 Å². The average Bonchev–Trinajstić information content (AvgIpc) is 2.71. The largest absolute Gasteiger partial charge is 3.00 e. The Morgan fingerprint density at radius 2 is 0.591 bits per heavy atom. The molecule has 0 atom stereocenters. The van der Waals surface area contributed by atoms with E-state index >= 15 is 0 Å². The molecule has 0 bridgehead atoms. The summed E-state index contributed by atoms with van der Waals surface area (Å²) in [5.74, 6) is 0. The Morgan fingerprint density at radius 1 is 0.455 bits per heavy atom. The van der Waals surface area contributed by atoms with E-state index in [9.17, 15) is 0 Å². The molecule has 0 saturated heterocycles. The van der Waals surface area contributed by atoms with Crippen molar-refractivity contribution >= 4 is 0 Å². The molecular weight excluding hydrogens is 343 g/mol. The summed E-state index contributed by atoms with van der Waals surface area (Å²) in [6, 6.07) is 0. The van der Waals surface area contributed by atoms with E-state index in [0.717, 1.165) is 0 Å². The van der Waals surface area contributed by atoms with Crippen molar-refractivity contribution in [2.45, 2.75) is 69.2 Å². The number of rotatable bonds is 0. The first-order valence-corrected chi connectivity index (χ1v) is 7.50. The van der Waals surface area contributed by atoms with Crippen LogP contribution in [0.15, 0.2) is 0 Å². The molecule has 0 aromatic heterocycles. The van der Waals surface area contributed by atoms with Crippen LogP contribution >= 0.6 is 0 Å². The normalized spacial score (nSPS) is 9.55. The first-order valence-electron chi connectivity index (χ1n) is 7.50. The van der Waals surface area contributed by atoms with Gasteiger partial charge in [-0.1, -0.05) is 69.2 Å². The molecule has 121 valence electrons. The third-order valence-electron chi connectivity index (χ3n) is 5.62. The van der Waals surface area contributed by atoms with Crippen LogP contribution in [-0.2, 0) is 26.2 Å². The van der Waals surface area contributed by atoms with Gasteiger partial charge in [0, 0.05) is 0 Å². The van der Waals surface area contributed by atoms with Crippen LogP contribution in [0.25, 0.3) is 0 Å². The molecule has 2 rings (SSSR count). The molecule has 2 aromatic rings. The van der Waals surface area contributed by atoms with Gasteiger partial charge in [0.2, 0.25) is 0 Å². The zero-order chi connectivity index (χ0) is 15.8. The fourth-order valence-corrected chi connectivity index (χ4v) is 2.81. The summed E-state index contributed by atoms with van der Waals surface area (Å²) in [7, 11) is 0. The van der Waals surface area contributed by atoms with Crippen molar-refractivity contribution in [2.24, 2.45) is 0 Å². The second-order valence-corrected chi connectivity index (χ2v) is 6.25. The van der Waals surface area contributed by atoms with Gasteiger partial charge in [-0.25, -0.2) is 0 Å². The van der Waals surface area contributed by atoms with E-state index in [1.54, 1.807) is 0 Å². The minimum atomic E-state index is 0. The third-order valence-corrected chi connectivity index (χ3v) is 5.62. The van der Waals surface area contributed by atoms with Crippen LogP contribution < -0.4 is 0 Å². The average molecular weight is 377 g/mol. The van der Waals surface area contributed by atoms with Gasteiger partial charge >= 0.3 is 26.2 Å². The van der Waals surface area contributed by atoms with Crippen LogP contribution in [0.4, 0.5) is 0 Å². The quantitative estimate of drug-likeness (QED) is 0.470. The molecule has 0 nitrogen and oxygen atoms in total. The van der Waals surface area contributed by atoms with E-state index in [1.165, 1.54) is 55.6 Å². The maximum Gasteiger partial charge on any atom is 3.00 e. The van der Waals surface area contributed by atoms with Gasteiger partial charge in [-0.3, -0.25) is 0 Å². The molecule has 0 fully saturated rings. The minimum Gasteiger partial charge on any atom is -0.358 e. The molecule has 0 saturated carbocycles. The van der Waals surface area contributed by atoms with Gasteiger partial charge in [0.05, 0.1) is 0 Å². The van der Waals surface area contributed by atoms with Gasteiger partial charge < -0.3 is 7.43 Å². The van der Waals surface area contributed by atoms with Crippen molar-refractivity contribution in [3.05, 3.63) is 63.1 Å². The van der Waals surface area contributed by atoms with E-state index < -0.39 is 0 Å². The van der Waals surface area contributed by atoms with Crippen molar-refractivity contribution < 1.29 is 26.2 Å². The molecule has 0 unspecified atom stereocenters. The molecule has 22 heavy (non-hydrogen) atoms. The van der Waals surface area contributed by atoms with Crippen LogP contribution in [0, 0.1) is 76.7 Å². The second-order valence-electron chi connectivity index (χ2n) is 6.25. The Balaban J connectivity index is 0. The third kappa shape index (κ3) is 4.32. The van der Waals surface area contributed by atoms with Crippen LogP contribution in [0.2, 0.25) is 0 Å². The zero-order valence-corrected chi connectivity index (χ0v) is 19.0. The molecule has 0 N–H and O–H groups in total. The van der Waals surface area contributed by atoms with Crippen molar-refractivity contribution in [1.29, 1.82) is 0 Å². The summed E-state index contributed by atoms with van der Waals surface area (Å²) in [6.45, 7) is 22.0.